The smallest absolute Gasteiger partial charge is 0.328 e. The SMILES string of the molecule is Nc1ncc(-c2cnn(CCO)c2)c2scc(-c3ccc(NC(=O)Nc4cccc(F)c4)cc3)c12.O=C(O)C=CC(=O)O. The van der Waals surface area contributed by atoms with Gasteiger partial charge in [-0.2, -0.15) is 5.10 Å². The summed E-state index contributed by atoms with van der Waals surface area (Å²) in [7, 11) is 0. The summed E-state index contributed by atoms with van der Waals surface area (Å²) in [6.07, 6.45) is 6.47. The molecular weight excluding hydrogens is 579 g/mol. The van der Waals surface area contributed by atoms with E-state index in [0.29, 0.717) is 35.9 Å². The molecule has 0 saturated heterocycles. The average molecular weight is 605 g/mol. The number of hydrogen-bond donors (Lipinski definition) is 6. The van der Waals surface area contributed by atoms with Gasteiger partial charge in [0.05, 0.1) is 19.3 Å². The third kappa shape index (κ3) is 8.00. The van der Waals surface area contributed by atoms with Gasteiger partial charge in [0.15, 0.2) is 0 Å². The second-order valence-electron chi connectivity index (χ2n) is 8.80. The Balaban J connectivity index is 0.000000467. The Morgan fingerprint density at radius 2 is 1.65 bits per heavy atom. The zero-order valence-corrected chi connectivity index (χ0v) is 23.1. The molecule has 2 aromatic carbocycles. The summed E-state index contributed by atoms with van der Waals surface area (Å²) in [6.45, 7) is 0.429. The van der Waals surface area contributed by atoms with Crippen molar-refractivity contribution >= 4 is 56.6 Å². The van der Waals surface area contributed by atoms with Crippen LogP contribution in [0.5, 0.6) is 0 Å². The summed E-state index contributed by atoms with van der Waals surface area (Å²) in [4.78, 5) is 35.8. The Labute approximate surface area is 247 Å². The van der Waals surface area contributed by atoms with E-state index >= 15 is 0 Å². The van der Waals surface area contributed by atoms with Crippen LogP contribution in [0.1, 0.15) is 0 Å². The first kappa shape index (κ1) is 30.4. The number of anilines is 3. The minimum atomic E-state index is -1.26. The van der Waals surface area contributed by atoms with Crippen LogP contribution in [0.4, 0.5) is 26.4 Å². The fourth-order valence-corrected chi connectivity index (χ4v) is 5.07. The number of aromatic nitrogens is 3. The monoisotopic (exact) mass is 604 g/mol. The zero-order chi connectivity index (χ0) is 30.9. The lowest BCUT2D eigenvalue weighted by molar-refractivity contribution is -0.134. The number of halogens is 1. The number of aliphatic carboxylic acids is 2. The first-order chi connectivity index (χ1) is 20.6. The number of nitrogens with two attached hydrogens (primary N) is 1. The number of carboxylic acids is 2. The number of nitrogen functional groups attached to an aromatic ring is 1. The molecule has 5 rings (SSSR count). The van der Waals surface area contributed by atoms with Crippen molar-refractivity contribution in [2.24, 2.45) is 0 Å². The third-order valence-corrected chi connectivity index (χ3v) is 6.82. The summed E-state index contributed by atoms with van der Waals surface area (Å²) in [6, 6.07) is 12.6. The van der Waals surface area contributed by atoms with Crippen LogP contribution >= 0.6 is 11.3 Å². The van der Waals surface area contributed by atoms with Gasteiger partial charge in [0.25, 0.3) is 0 Å². The maximum atomic E-state index is 13.3. The van der Waals surface area contributed by atoms with E-state index in [4.69, 9.17) is 21.1 Å². The van der Waals surface area contributed by atoms with Crippen LogP contribution in [0, 0.1) is 5.82 Å². The van der Waals surface area contributed by atoms with E-state index in [2.05, 4.69) is 20.7 Å². The van der Waals surface area contributed by atoms with E-state index in [1.807, 2.05) is 23.7 Å². The third-order valence-electron chi connectivity index (χ3n) is 5.80. The highest BCUT2D eigenvalue weighted by Crippen LogP contribution is 2.41. The first-order valence-electron chi connectivity index (χ1n) is 12.5. The topological polar surface area (TPSA) is 193 Å². The van der Waals surface area contributed by atoms with Gasteiger partial charge < -0.3 is 31.7 Å². The van der Waals surface area contributed by atoms with Gasteiger partial charge in [-0.05, 0) is 41.3 Å². The van der Waals surface area contributed by atoms with Crippen LogP contribution in [0.25, 0.3) is 32.3 Å². The van der Waals surface area contributed by atoms with Crippen LogP contribution in [-0.2, 0) is 16.1 Å². The van der Waals surface area contributed by atoms with Gasteiger partial charge in [-0.15, -0.1) is 11.3 Å². The van der Waals surface area contributed by atoms with E-state index in [0.717, 1.165) is 32.3 Å². The second-order valence-corrected chi connectivity index (χ2v) is 9.68. The van der Waals surface area contributed by atoms with Crippen molar-refractivity contribution in [3.63, 3.8) is 0 Å². The van der Waals surface area contributed by atoms with E-state index in [9.17, 15) is 18.8 Å². The highest BCUT2D eigenvalue weighted by Gasteiger charge is 2.16. The minimum Gasteiger partial charge on any atom is -0.478 e. The van der Waals surface area contributed by atoms with Gasteiger partial charge >= 0.3 is 18.0 Å². The fraction of sp³-hybridized carbons (Fsp3) is 0.0690. The zero-order valence-electron chi connectivity index (χ0n) is 22.3. The molecule has 12 nitrogen and oxygen atoms in total. The standard InChI is InChI=1S/C25H21FN6O2S.C4H4O4/c26-17-2-1-3-19(10-17)31-25(34)30-18-6-4-15(5-7-18)21-14-35-23-20(12-28-24(27)22(21)23)16-11-29-32(13-16)8-9-33;5-3(6)1-2-4(7)8/h1-7,10-14,33H,8-9H2,(H2,27,28)(H2,30,31,34);1-2H,(H,5,6)(H,7,8). The predicted octanol–water partition coefficient (Wildman–Crippen LogP) is 4.90. The molecule has 3 aromatic heterocycles. The van der Waals surface area contributed by atoms with Gasteiger partial charge in [0.2, 0.25) is 0 Å². The molecule has 0 unspecified atom stereocenters. The van der Waals surface area contributed by atoms with Crippen molar-refractivity contribution in [1.82, 2.24) is 14.8 Å². The summed E-state index contributed by atoms with van der Waals surface area (Å²) in [5.41, 5.74) is 10.9. The number of nitrogens with zero attached hydrogens (tertiary/aromatic N) is 3. The van der Waals surface area contributed by atoms with E-state index in [1.54, 1.807) is 46.6 Å². The molecule has 0 fully saturated rings. The Morgan fingerprint density at radius 3 is 2.30 bits per heavy atom. The van der Waals surface area contributed by atoms with Crippen LogP contribution < -0.4 is 16.4 Å². The Bertz CT molecular complexity index is 1790. The van der Waals surface area contributed by atoms with E-state index < -0.39 is 23.8 Å². The van der Waals surface area contributed by atoms with E-state index in [-0.39, 0.29) is 6.61 Å². The molecular formula is C29H25FN6O6S. The van der Waals surface area contributed by atoms with Gasteiger partial charge in [-0.3, -0.25) is 4.68 Å². The molecule has 0 radical (unpaired) electrons. The average Bonchev–Trinajstić information content (AvgIpc) is 3.62. The number of urea groups is 1. The van der Waals surface area contributed by atoms with Crippen molar-refractivity contribution < 1.29 is 34.1 Å². The molecule has 0 bridgehead atoms. The Morgan fingerprint density at radius 1 is 0.953 bits per heavy atom. The second kappa shape index (κ2) is 13.8. The number of carbonyl (C=O) groups is 3. The van der Waals surface area contributed by atoms with Crippen LogP contribution in [0.2, 0.25) is 0 Å². The number of thiophene rings is 1. The molecule has 7 N–H and O–H groups in total. The number of aliphatic hydroxyl groups excluding tert-OH is 1. The molecule has 5 aromatic rings. The minimum absolute atomic E-state index is 0.0109. The van der Waals surface area contributed by atoms with Crippen molar-refractivity contribution in [1.29, 1.82) is 0 Å². The molecule has 0 aliphatic rings. The molecule has 0 aliphatic heterocycles. The largest absolute Gasteiger partial charge is 0.478 e. The fourth-order valence-electron chi connectivity index (χ4n) is 3.95. The van der Waals surface area contributed by atoms with Gasteiger partial charge in [0, 0.05) is 62.7 Å². The van der Waals surface area contributed by atoms with Crippen molar-refractivity contribution in [2.75, 3.05) is 23.0 Å². The summed E-state index contributed by atoms with van der Waals surface area (Å²) in [5.74, 6) is -2.51. The van der Waals surface area contributed by atoms with Gasteiger partial charge in [0.1, 0.15) is 11.6 Å². The maximum Gasteiger partial charge on any atom is 0.328 e. The lowest BCUT2D eigenvalue weighted by Gasteiger charge is -2.09. The maximum absolute atomic E-state index is 13.3. The normalized spacial score (nSPS) is 10.7. The lowest BCUT2D eigenvalue weighted by Crippen LogP contribution is -2.19. The lowest BCUT2D eigenvalue weighted by atomic mass is 10.0. The van der Waals surface area contributed by atoms with E-state index in [1.165, 1.54) is 18.2 Å². The number of carbonyl (C=O) groups excluding carboxylic acids is 1. The van der Waals surface area contributed by atoms with Crippen LogP contribution in [-0.4, -0.2) is 54.7 Å². The van der Waals surface area contributed by atoms with Crippen molar-refractivity contribution in [3.8, 4) is 22.3 Å². The summed E-state index contributed by atoms with van der Waals surface area (Å²) < 4.78 is 16.0. The number of aliphatic hydroxyl groups is 1. The molecule has 14 heteroatoms. The first-order valence-corrected chi connectivity index (χ1v) is 13.4. The van der Waals surface area contributed by atoms with Gasteiger partial charge in [-0.1, -0.05) is 18.2 Å². The highest BCUT2D eigenvalue weighted by molar-refractivity contribution is 7.18. The van der Waals surface area contributed by atoms with Crippen molar-refractivity contribution in [2.45, 2.75) is 6.54 Å². The number of carboxylic acid groups (broad SMARTS) is 2. The number of nitrogens with one attached hydrogen (secondary N) is 2. The number of benzene rings is 2. The predicted molar refractivity (Wildman–Crippen MR) is 161 cm³/mol. The quantitative estimate of drug-likeness (QED) is 0.134. The number of rotatable bonds is 8. The summed E-state index contributed by atoms with van der Waals surface area (Å²) >= 11 is 1.57. The molecule has 0 atom stereocenters. The number of fused-ring (bicyclic) bond motifs is 1. The molecule has 0 saturated carbocycles. The molecule has 220 valence electrons. The van der Waals surface area contributed by atoms with Gasteiger partial charge in [-0.25, -0.2) is 23.8 Å². The van der Waals surface area contributed by atoms with Crippen LogP contribution in [0.15, 0.2) is 84.7 Å². The summed E-state index contributed by atoms with van der Waals surface area (Å²) in [5, 5.41) is 37.3. The highest BCUT2D eigenvalue weighted by atomic mass is 32.1. The number of amides is 2. The Hall–Kier alpha value is -5.60. The molecule has 2 amide bonds. The number of pyridine rings is 1. The number of hydrogen-bond acceptors (Lipinski definition) is 8. The molecule has 0 spiro atoms. The molecule has 43 heavy (non-hydrogen) atoms. The molecule has 0 aliphatic carbocycles. The van der Waals surface area contributed by atoms with Crippen LogP contribution in [0.3, 0.4) is 0 Å². The molecule has 3 heterocycles. The Kier molecular flexibility index (Phi) is 9.78. The van der Waals surface area contributed by atoms with Crippen molar-refractivity contribution in [3.05, 3.63) is 90.5 Å².